The third-order valence-electron chi connectivity index (χ3n) is 4.12. The summed E-state index contributed by atoms with van der Waals surface area (Å²) in [5.74, 6) is -0.675. The van der Waals surface area contributed by atoms with Crippen LogP contribution in [0, 0.1) is 0 Å². The number of carbonyl (C=O) groups excluding carboxylic acids is 1. The molecule has 0 aromatic heterocycles. The SMILES string of the molecule is C=CCN(c1ccccc1)S(=O)(=O)c1cccc(C(=O)Oc2cccc(Cl)c2Cl)c1. The molecule has 0 saturated heterocycles. The summed E-state index contributed by atoms with van der Waals surface area (Å²) in [6, 6.07) is 18.9. The largest absolute Gasteiger partial charge is 0.421 e. The van der Waals surface area contributed by atoms with Crippen molar-refractivity contribution in [3.8, 4) is 5.75 Å². The Hall–Kier alpha value is -2.80. The molecule has 0 aliphatic heterocycles. The maximum absolute atomic E-state index is 13.2. The van der Waals surface area contributed by atoms with E-state index >= 15 is 0 Å². The molecule has 0 saturated carbocycles. The van der Waals surface area contributed by atoms with Gasteiger partial charge < -0.3 is 4.74 Å². The summed E-state index contributed by atoms with van der Waals surface area (Å²) in [6.45, 7) is 3.71. The third kappa shape index (κ3) is 4.67. The molecule has 0 unspecified atom stereocenters. The predicted molar refractivity (Wildman–Crippen MR) is 119 cm³/mol. The number of carbonyl (C=O) groups is 1. The summed E-state index contributed by atoms with van der Waals surface area (Å²) in [7, 11) is -3.95. The molecular formula is C22H17Cl2NO4S. The maximum Gasteiger partial charge on any atom is 0.343 e. The Morgan fingerprint density at radius 3 is 2.40 bits per heavy atom. The summed E-state index contributed by atoms with van der Waals surface area (Å²) in [4.78, 5) is 12.5. The maximum atomic E-state index is 13.2. The fraction of sp³-hybridized carbons (Fsp3) is 0.0455. The quantitative estimate of drug-likeness (QED) is 0.261. The highest BCUT2D eigenvalue weighted by Crippen LogP contribution is 2.32. The molecule has 3 aromatic carbocycles. The van der Waals surface area contributed by atoms with Gasteiger partial charge in [-0.2, -0.15) is 0 Å². The Labute approximate surface area is 185 Å². The fourth-order valence-electron chi connectivity index (χ4n) is 2.69. The minimum atomic E-state index is -3.95. The van der Waals surface area contributed by atoms with Crippen LogP contribution in [0.3, 0.4) is 0 Å². The van der Waals surface area contributed by atoms with Crippen LogP contribution in [-0.2, 0) is 10.0 Å². The lowest BCUT2D eigenvalue weighted by Crippen LogP contribution is -2.31. The van der Waals surface area contributed by atoms with Gasteiger partial charge >= 0.3 is 5.97 Å². The second-order valence-electron chi connectivity index (χ2n) is 6.13. The number of para-hydroxylation sites is 1. The lowest BCUT2D eigenvalue weighted by atomic mass is 10.2. The van der Waals surface area contributed by atoms with Gasteiger partial charge in [-0.25, -0.2) is 13.2 Å². The van der Waals surface area contributed by atoms with E-state index in [4.69, 9.17) is 27.9 Å². The van der Waals surface area contributed by atoms with Crippen LogP contribution in [0.2, 0.25) is 10.0 Å². The van der Waals surface area contributed by atoms with Crippen molar-refractivity contribution in [3.63, 3.8) is 0 Å². The number of nitrogens with zero attached hydrogens (tertiary/aromatic N) is 1. The first-order valence-corrected chi connectivity index (χ1v) is 11.0. The van der Waals surface area contributed by atoms with Crippen molar-refractivity contribution < 1.29 is 17.9 Å². The monoisotopic (exact) mass is 461 g/mol. The van der Waals surface area contributed by atoms with Gasteiger partial charge in [-0.3, -0.25) is 4.31 Å². The predicted octanol–water partition coefficient (Wildman–Crippen LogP) is 5.59. The molecule has 0 aliphatic carbocycles. The second-order valence-corrected chi connectivity index (χ2v) is 8.78. The van der Waals surface area contributed by atoms with Crippen molar-refractivity contribution in [2.45, 2.75) is 4.90 Å². The van der Waals surface area contributed by atoms with Gasteiger partial charge in [0.05, 0.1) is 27.7 Å². The van der Waals surface area contributed by atoms with Gasteiger partial charge in [0.15, 0.2) is 5.75 Å². The number of benzene rings is 3. The molecule has 30 heavy (non-hydrogen) atoms. The van der Waals surface area contributed by atoms with E-state index in [1.165, 1.54) is 40.7 Å². The summed E-state index contributed by atoms with van der Waals surface area (Å²) >= 11 is 12.0. The van der Waals surface area contributed by atoms with Crippen molar-refractivity contribution >= 4 is 44.9 Å². The standard InChI is InChI=1S/C22H17Cl2NO4S/c1-2-14-25(17-9-4-3-5-10-17)30(27,28)18-11-6-8-16(15-18)22(26)29-20-13-7-12-19(23)21(20)24/h2-13,15H,1,14H2. The average Bonchev–Trinajstić information content (AvgIpc) is 2.75. The van der Waals surface area contributed by atoms with E-state index < -0.39 is 16.0 Å². The number of hydrogen-bond acceptors (Lipinski definition) is 4. The van der Waals surface area contributed by atoms with Crippen LogP contribution in [-0.4, -0.2) is 20.9 Å². The number of anilines is 1. The molecule has 0 bridgehead atoms. The van der Waals surface area contributed by atoms with Gasteiger partial charge in [-0.15, -0.1) is 6.58 Å². The zero-order valence-corrected chi connectivity index (χ0v) is 18.0. The molecule has 154 valence electrons. The number of hydrogen-bond donors (Lipinski definition) is 0. The molecule has 3 rings (SSSR count). The smallest absolute Gasteiger partial charge is 0.343 e. The zero-order valence-electron chi connectivity index (χ0n) is 15.7. The molecule has 8 heteroatoms. The Morgan fingerprint density at radius 1 is 1.00 bits per heavy atom. The van der Waals surface area contributed by atoms with Crippen molar-refractivity contribution in [1.29, 1.82) is 0 Å². The topological polar surface area (TPSA) is 63.7 Å². The van der Waals surface area contributed by atoms with E-state index in [9.17, 15) is 13.2 Å². The van der Waals surface area contributed by atoms with Crippen LogP contribution < -0.4 is 9.04 Å². The molecule has 0 N–H and O–H groups in total. The average molecular weight is 462 g/mol. The Balaban J connectivity index is 1.94. The van der Waals surface area contributed by atoms with E-state index in [1.54, 1.807) is 42.5 Å². The van der Waals surface area contributed by atoms with E-state index in [0.717, 1.165) is 0 Å². The van der Waals surface area contributed by atoms with Crippen LogP contribution >= 0.6 is 23.2 Å². The van der Waals surface area contributed by atoms with Crippen molar-refractivity contribution in [1.82, 2.24) is 0 Å². The first kappa shape index (κ1) is 21.9. The molecule has 0 spiro atoms. The van der Waals surface area contributed by atoms with Gasteiger partial charge in [0.2, 0.25) is 0 Å². The summed E-state index contributed by atoms with van der Waals surface area (Å²) < 4.78 is 33.0. The number of ether oxygens (including phenoxy) is 1. The Bertz CT molecular complexity index is 1180. The van der Waals surface area contributed by atoms with Crippen molar-refractivity contribution in [3.05, 3.63) is 101 Å². The fourth-order valence-corrected chi connectivity index (χ4v) is 4.50. The molecule has 0 atom stereocenters. The summed E-state index contributed by atoms with van der Waals surface area (Å²) in [5, 5.41) is 0.332. The zero-order chi connectivity index (χ0) is 21.7. The molecule has 5 nitrogen and oxygen atoms in total. The van der Waals surface area contributed by atoms with Crippen LogP contribution in [0.4, 0.5) is 5.69 Å². The molecule has 0 amide bonds. The highest BCUT2D eigenvalue weighted by Gasteiger charge is 2.25. The first-order valence-electron chi connectivity index (χ1n) is 8.79. The highest BCUT2D eigenvalue weighted by molar-refractivity contribution is 7.92. The number of esters is 1. The van der Waals surface area contributed by atoms with E-state index in [2.05, 4.69) is 6.58 Å². The van der Waals surface area contributed by atoms with E-state index in [1.807, 2.05) is 0 Å². The Kier molecular flexibility index (Phi) is 6.82. The van der Waals surface area contributed by atoms with Crippen LogP contribution in [0.15, 0.2) is 90.3 Å². The first-order chi connectivity index (χ1) is 14.3. The highest BCUT2D eigenvalue weighted by atomic mass is 35.5. The summed E-state index contributed by atoms with van der Waals surface area (Å²) in [5.41, 5.74) is 0.537. The third-order valence-corrected chi connectivity index (χ3v) is 6.71. The number of rotatable bonds is 7. The minimum absolute atomic E-state index is 0.0544. The van der Waals surface area contributed by atoms with Gasteiger partial charge in [0.1, 0.15) is 5.02 Å². The number of sulfonamides is 1. The van der Waals surface area contributed by atoms with Gasteiger partial charge in [-0.1, -0.05) is 59.6 Å². The van der Waals surface area contributed by atoms with Crippen LogP contribution in [0.25, 0.3) is 0 Å². The summed E-state index contributed by atoms with van der Waals surface area (Å²) in [6.07, 6.45) is 1.49. The molecule has 0 aliphatic rings. The van der Waals surface area contributed by atoms with Gasteiger partial charge in [-0.05, 0) is 42.5 Å². The van der Waals surface area contributed by atoms with Crippen LogP contribution in [0.5, 0.6) is 5.75 Å². The van der Waals surface area contributed by atoms with E-state index in [-0.39, 0.29) is 32.8 Å². The molecule has 0 fully saturated rings. The normalized spacial score (nSPS) is 11.0. The van der Waals surface area contributed by atoms with Crippen molar-refractivity contribution in [2.75, 3.05) is 10.8 Å². The molecular weight excluding hydrogens is 445 g/mol. The Morgan fingerprint density at radius 2 is 1.70 bits per heavy atom. The second kappa shape index (κ2) is 9.34. The van der Waals surface area contributed by atoms with Gasteiger partial charge in [0.25, 0.3) is 10.0 Å². The molecule has 0 heterocycles. The molecule has 3 aromatic rings. The van der Waals surface area contributed by atoms with Gasteiger partial charge in [0, 0.05) is 0 Å². The lowest BCUT2D eigenvalue weighted by Gasteiger charge is -2.23. The number of halogens is 2. The lowest BCUT2D eigenvalue weighted by molar-refractivity contribution is 0.0734. The van der Waals surface area contributed by atoms with E-state index in [0.29, 0.717) is 5.69 Å². The van der Waals surface area contributed by atoms with Crippen molar-refractivity contribution in [2.24, 2.45) is 0 Å². The minimum Gasteiger partial charge on any atom is -0.421 e. The molecule has 0 radical (unpaired) electrons. The van der Waals surface area contributed by atoms with Crippen LogP contribution in [0.1, 0.15) is 10.4 Å².